The third-order valence-corrected chi connectivity index (χ3v) is 8.10. The predicted molar refractivity (Wildman–Crippen MR) is 140 cm³/mol. The zero-order valence-electron chi connectivity index (χ0n) is 20.8. The summed E-state index contributed by atoms with van der Waals surface area (Å²) < 4.78 is 12.6. The average Bonchev–Trinajstić information content (AvgIpc) is 3.17. The maximum absolute atomic E-state index is 6.28. The summed E-state index contributed by atoms with van der Waals surface area (Å²) in [5.74, 6) is 0. The van der Waals surface area contributed by atoms with Crippen LogP contribution in [0.1, 0.15) is 52.7 Å². The van der Waals surface area contributed by atoms with E-state index in [4.69, 9.17) is 14.3 Å². The molecule has 2 heterocycles. The number of nitrogens with zero attached hydrogens (tertiary/aromatic N) is 1. The Morgan fingerprint density at radius 2 is 1.32 bits per heavy atom. The number of aromatic nitrogens is 1. The monoisotopic (exact) mass is 447 g/mol. The molecule has 1 aromatic heterocycles. The molecule has 0 N–H and O–H groups in total. The molecule has 0 radical (unpaired) electrons. The fourth-order valence-corrected chi connectivity index (χ4v) is 5.47. The molecule has 3 nitrogen and oxygen atoms in total. The highest BCUT2D eigenvalue weighted by molar-refractivity contribution is 6.62. The molecule has 3 aromatic carbocycles. The second kappa shape index (κ2) is 7.03. The van der Waals surface area contributed by atoms with Crippen LogP contribution < -0.4 is 5.46 Å². The van der Waals surface area contributed by atoms with Crippen LogP contribution in [0.5, 0.6) is 0 Å². The Kier molecular flexibility index (Phi) is 4.46. The van der Waals surface area contributed by atoms with E-state index in [1.54, 1.807) is 0 Å². The molecule has 0 atom stereocenters. The van der Waals surface area contributed by atoms with Crippen LogP contribution in [0.15, 0.2) is 72.8 Å². The van der Waals surface area contributed by atoms with E-state index in [-0.39, 0.29) is 23.7 Å². The van der Waals surface area contributed by atoms with Crippen LogP contribution in [-0.4, -0.2) is 23.3 Å². The summed E-state index contributed by atoms with van der Waals surface area (Å²) >= 11 is 0. The van der Waals surface area contributed by atoms with Crippen molar-refractivity contribution in [3.63, 3.8) is 0 Å². The van der Waals surface area contributed by atoms with Gasteiger partial charge in [0, 0.05) is 16.4 Å². The maximum atomic E-state index is 6.28. The SMILES string of the molecule is CC1(C)c2ccccc2-c2nc3ccccc3c(-c3ccc(B4OC(C)(C)C(C)(C)O4)cc3)c21. The molecule has 0 saturated carbocycles. The van der Waals surface area contributed by atoms with Crippen LogP contribution >= 0.6 is 0 Å². The van der Waals surface area contributed by atoms with Crippen molar-refractivity contribution in [3.8, 4) is 22.4 Å². The quantitative estimate of drug-likeness (QED) is 0.329. The van der Waals surface area contributed by atoms with Gasteiger partial charge in [-0.3, -0.25) is 0 Å². The second-order valence-electron chi connectivity index (χ2n) is 11.1. The smallest absolute Gasteiger partial charge is 0.399 e. The molecule has 2 aliphatic rings. The molecule has 34 heavy (non-hydrogen) atoms. The van der Waals surface area contributed by atoms with E-state index in [0.29, 0.717) is 0 Å². The van der Waals surface area contributed by atoms with Crippen LogP contribution in [0.2, 0.25) is 0 Å². The van der Waals surface area contributed by atoms with E-state index in [9.17, 15) is 0 Å². The van der Waals surface area contributed by atoms with Crippen molar-refractivity contribution >= 4 is 23.5 Å². The number of fused-ring (bicyclic) bond motifs is 4. The molecule has 1 aliphatic heterocycles. The zero-order valence-corrected chi connectivity index (χ0v) is 20.8. The van der Waals surface area contributed by atoms with Gasteiger partial charge >= 0.3 is 7.12 Å². The zero-order chi connectivity index (χ0) is 23.9. The van der Waals surface area contributed by atoms with Crippen molar-refractivity contribution < 1.29 is 9.31 Å². The Balaban J connectivity index is 1.52. The summed E-state index contributed by atoms with van der Waals surface area (Å²) in [6.07, 6.45) is 0. The predicted octanol–water partition coefficient (Wildman–Crippen LogP) is 6.51. The van der Waals surface area contributed by atoms with Gasteiger partial charge in [0.15, 0.2) is 0 Å². The lowest BCUT2D eigenvalue weighted by molar-refractivity contribution is 0.00578. The van der Waals surface area contributed by atoms with Crippen LogP contribution in [0.3, 0.4) is 0 Å². The topological polar surface area (TPSA) is 31.4 Å². The third-order valence-electron chi connectivity index (χ3n) is 8.10. The highest BCUT2D eigenvalue weighted by atomic mass is 16.7. The first-order chi connectivity index (χ1) is 16.1. The molecule has 170 valence electrons. The van der Waals surface area contributed by atoms with Gasteiger partial charge in [0.25, 0.3) is 0 Å². The van der Waals surface area contributed by atoms with Gasteiger partial charge in [0.05, 0.1) is 22.4 Å². The van der Waals surface area contributed by atoms with Crippen molar-refractivity contribution in [1.29, 1.82) is 0 Å². The number of benzene rings is 3. The van der Waals surface area contributed by atoms with E-state index in [1.165, 1.54) is 33.2 Å². The fraction of sp³-hybridized carbons (Fsp3) is 0.300. The van der Waals surface area contributed by atoms with Gasteiger partial charge in [-0.05, 0) is 61.5 Å². The molecule has 1 fully saturated rings. The lowest BCUT2D eigenvalue weighted by atomic mass is 9.76. The van der Waals surface area contributed by atoms with Gasteiger partial charge in [-0.2, -0.15) is 0 Å². The van der Waals surface area contributed by atoms with Crippen molar-refractivity contribution in [1.82, 2.24) is 4.98 Å². The molecule has 0 unspecified atom stereocenters. The van der Waals surface area contributed by atoms with Crippen LogP contribution in [0.25, 0.3) is 33.3 Å². The van der Waals surface area contributed by atoms with Gasteiger partial charge in [0.2, 0.25) is 0 Å². The molecular formula is C30H30BNO2. The van der Waals surface area contributed by atoms with E-state index in [2.05, 4.69) is 114 Å². The number of hydrogen-bond acceptors (Lipinski definition) is 3. The standard InChI is InChI=1S/C30H30BNO2/c1-28(2)23-13-9-7-11-21(23)27-26(28)25(22-12-8-10-14-24(22)32-27)19-15-17-20(18-16-19)31-33-29(3,4)30(5,6)34-31/h7-18H,1-6H3. The van der Waals surface area contributed by atoms with Crippen molar-refractivity contribution in [2.45, 2.75) is 58.2 Å². The molecule has 6 rings (SSSR count). The van der Waals surface area contributed by atoms with Gasteiger partial charge in [-0.15, -0.1) is 0 Å². The average molecular weight is 447 g/mol. The Bertz CT molecular complexity index is 1420. The summed E-state index contributed by atoms with van der Waals surface area (Å²) in [5, 5.41) is 1.19. The highest BCUT2D eigenvalue weighted by Crippen LogP contribution is 2.52. The normalized spacial score (nSPS) is 19.3. The van der Waals surface area contributed by atoms with Crippen LogP contribution in [0, 0.1) is 0 Å². The Morgan fingerprint density at radius 1 is 0.706 bits per heavy atom. The first-order valence-electron chi connectivity index (χ1n) is 12.1. The first-order valence-corrected chi connectivity index (χ1v) is 12.1. The summed E-state index contributed by atoms with van der Waals surface area (Å²) in [4.78, 5) is 5.15. The Hall–Kier alpha value is -2.95. The fourth-order valence-electron chi connectivity index (χ4n) is 5.47. The van der Waals surface area contributed by atoms with E-state index in [0.717, 1.165) is 16.7 Å². The summed E-state index contributed by atoms with van der Waals surface area (Å²) in [7, 11) is -0.361. The molecular weight excluding hydrogens is 417 g/mol. The Labute approximate surface area is 202 Å². The largest absolute Gasteiger partial charge is 0.494 e. The van der Waals surface area contributed by atoms with Crippen LogP contribution in [-0.2, 0) is 14.7 Å². The molecule has 1 saturated heterocycles. The molecule has 0 amide bonds. The number of hydrogen-bond donors (Lipinski definition) is 0. The van der Waals surface area contributed by atoms with E-state index in [1.807, 2.05) is 0 Å². The lowest BCUT2D eigenvalue weighted by Crippen LogP contribution is -2.41. The summed E-state index contributed by atoms with van der Waals surface area (Å²) in [6.45, 7) is 13.0. The van der Waals surface area contributed by atoms with Crippen molar-refractivity contribution in [3.05, 3.63) is 83.9 Å². The minimum Gasteiger partial charge on any atom is -0.399 e. The molecule has 4 heteroatoms. The van der Waals surface area contributed by atoms with Gasteiger partial charge in [0.1, 0.15) is 0 Å². The number of para-hydroxylation sites is 1. The first kappa shape index (κ1) is 21.6. The van der Waals surface area contributed by atoms with Gasteiger partial charge < -0.3 is 9.31 Å². The molecule has 4 aromatic rings. The Morgan fingerprint density at radius 3 is 2.03 bits per heavy atom. The molecule has 0 spiro atoms. The molecule has 1 aliphatic carbocycles. The van der Waals surface area contributed by atoms with Crippen molar-refractivity contribution in [2.75, 3.05) is 0 Å². The van der Waals surface area contributed by atoms with Gasteiger partial charge in [-0.25, -0.2) is 4.98 Å². The van der Waals surface area contributed by atoms with E-state index >= 15 is 0 Å². The highest BCUT2D eigenvalue weighted by Gasteiger charge is 2.51. The minimum atomic E-state index is -0.361. The third kappa shape index (κ3) is 2.95. The summed E-state index contributed by atoms with van der Waals surface area (Å²) in [6, 6.07) is 25.9. The van der Waals surface area contributed by atoms with E-state index < -0.39 is 0 Å². The molecule has 0 bridgehead atoms. The minimum absolute atomic E-state index is 0.136. The summed E-state index contributed by atoms with van der Waals surface area (Å²) in [5.41, 5.74) is 8.66. The van der Waals surface area contributed by atoms with Gasteiger partial charge in [-0.1, -0.05) is 80.6 Å². The number of rotatable bonds is 2. The lowest BCUT2D eigenvalue weighted by Gasteiger charge is -2.32. The van der Waals surface area contributed by atoms with Crippen LogP contribution in [0.4, 0.5) is 0 Å². The second-order valence-corrected chi connectivity index (χ2v) is 11.1. The maximum Gasteiger partial charge on any atom is 0.494 e. The number of pyridine rings is 1. The van der Waals surface area contributed by atoms with Crippen molar-refractivity contribution in [2.24, 2.45) is 0 Å².